The number of benzene rings is 1. The van der Waals surface area contributed by atoms with E-state index in [4.69, 9.17) is 0 Å². The average Bonchev–Trinajstić information content (AvgIpc) is 3.35. The van der Waals surface area contributed by atoms with Gasteiger partial charge in [0.15, 0.2) is 0 Å². The quantitative estimate of drug-likeness (QED) is 0.229. The molecule has 1 aliphatic rings. The van der Waals surface area contributed by atoms with Gasteiger partial charge in [-0.25, -0.2) is 0 Å². The Labute approximate surface area is 208 Å². The van der Waals surface area contributed by atoms with Crippen molar-refractivity contribution in [1.29, 1.82) is 0 Å². The molecule has 0 spiro atoms. The Morgan fingerprint density at radius 2 is 1.30 bits per heavy atom. The van der Waals surface area contributed by atoms with Crippen molar-refractivity contribution in [3.05, 3.63) is 34.8 Å². The molecule has 0 radical (unpaired) electrons. The molecule has 0 aliphatic heterocycles. The second-order valence-electron chi connectivity index (χ2n) is 10.4. The third-order valence-electron chi connectivity index (χ3n) is 7.62. The Balaban J connectivity index is 1.36. The van der Waals surface area contributed by atoms with Crippen LogP contribution in [0.15, 0.2) is 24.3 Å². The van der Waals surface area contributed by atoms with Crippen LogP contribution in [0.25, 0.3) is 10.6 Å². The molecule has 184 valence electrons. The lowest BCUT2D eigenvalue weighted by Crippen LogP contribution is -2.13. The van der Waals surface area contributed by atoms with Gasteiger partial charge in [-0.05, 0) is 50.0 Å². The summed E-state index contributed by atoms with van der Waals surface area (Å²) < 4.78 is 0. The van der Waals surface area contributed by atoms with E-state index in [1.165, 1.54) is 132 Å². The van der Waals surface area contributed by atoms with Crippen LogP contribution in [0.4, 0.5) is 0 Å². The van der Waals surface area contributed by atoms with Crippen LogP contribution < -0.4 is 0 Å². The van der Waals surface area contributed by atoms with Gasteiger partial charge in [0.1, 0.15) is 10.0 Å². The lowest BCUT2D eigenvalue weighted by molar-refractivity contribution is 0.301. The smallest absolute Gasteiger partial charge is 0.143 e. The van der Waals surface area contributed by atoms with Crippen molar-refractivity contribution < 1.29 is 0 Å². The largest absolute Gasteiger partial charge is 0.147 e. The third kappa shape index (κ3) is 9.51. The van der Waals surface area contributed by atoms with Crippen LogP contribution in [0, 0.1) is 5.92 Å². The molecule has 3 heteroatoms. The first-order valence-corrected chi connectivity index (χ1v) is 15.0. The minimum absolute atomic E-state index is 0.643. The Bertz CT molecular complexity index is 743. The molecule has 1 fully saturated rings. The zero-order valence-corrected chi connectivity index (χ0v) is 22.3. The van der Waals surface area contributed by atoms with Crippen LogP contribution in [0.3, 0.4) is 0 Å². The molecule has 0 atom stereocenters. The molecule has 2 nitrogen and oxygen atoms in total. The summed E-state index contributed by atoms with van der Waals surface area (Å²) in [5.74, 6) is 1.60. The van der Waals surface area contributed by atoms with E-state index < -0.39 is 0 Å². The molecule has 33 heavy (non-hydrogen) atoms. The maximum atomic E-state index is 4.62. The Kier molecular flexibility index (Phi) is 12.5. The van der Waals surface area contributed by atoms with Crippen molar-refractivity contribution in [3.8, 4) is 10.6 Å². The molecule has 1 heterocycles. The molecule has 2 aromatic rings. The molecule has 1 aromatic heterocycles. The molecule has 0 N–H and O–H groups in total. The Hall–Kier alpha value is -1.22. The topological polar surface area (TPSA) is 25.8 Å². The van der Waals surface area contributed by atoms with Gasteiger partial charge in [0.2, 0.25) is 0 Å². The highest BCUT2D eigenvalue weighted by Crippen LogP contribution is 2.40. The third-order valence-corrected chi connectivity index (χ3v) is 8.76. The van der Waals surface area contributed by atoms with Gasteiger partial charge in [-0.1, -0.05) is 126 Å². The highest BCUT2D eigenvalue weighted by Gasteiger charge is 2.25. The maximum absolute atomic E-state index is 4.62. The van der Waals surface area contributed by atoms with Gasteiger partial charge in [0.25, 0.3) is 0 Å². The maximum Gasteiger partial charge on any atom is 0.147 e. The van der Waals surface area contributed by atoms with E-state index >= 15 is 0 Å². The van der Waals surface area contributed by atoms with Gasteiger partial charge in [-0.3, -0.25) is 0 Å². The van der Waals surface area contributed by atoms with Crippen molar-refractivity contribution >= 4 is 11.3 Å². The monoisotopic (exact) mass is 468 g/mol. The number of unbranched alkanes of at least 4 members (excludes halogenated alkanes) is 10. The molecule has 0 amide bonds. The van der Waals surface area contributed by atoms with E-state index in [0.29, 0.717) is 5.92 Å². The molecule has 0 unspecified atom stereocenters. The van der Waals surface area contributed by atoms with Crippen LogP contribution in [0.1, 0.15) is 139 Å². The summed E-state index contributed by atoms with van der Waals surface area (Å²) >= 11 is 1.83. The van der Waals surface area contributed by atoms with E-state index in [0.717, 1.165) is 10.9 Å². The average molecular weight is 469 g/mol. The Morgan fingerprint density at radius 3 is 1.97 bits per heavy atom. The van der Waals surface area contributed by atoms with Gasteiger partial charge in [0, 0.05) is 11.5 Å². The molecule has 3 rings (SSSR count). The van der Waals surface area contributed by atoms with Crippen LogP contribution in [0.2, 0.25) is 0 Å². The summed E-state index contributed by atoms with van der Waals surface area (Å²) in [6.07, 6.45) is 24.7. The van der Waals surface area contributed by atoms with Crippen LogP contribution in [0.5, 0.6) is 0 Å². The highest BCUT2D eigenvalue weighted by molar-refractivity contribution is 7.14. The van der Waals surface area contributed by atoms with Crippen LogP contribution >= 0.6 is 11.3 Å². The van der Waals surface area contributed by atoms with Gasteiger partial charge in [-0.2, -0.15) is 0 Å². The fourth-order valence-electron chi connectivity index (χ4n) is 5.35. The number of rotatable bonds is 16. The van der Waals surface area contributed by atoms with Crippen molar-refractivity contribution in [2.45, 2.75) is 135 Å². The lowest BCUT2D eigenvalue weighted by atomic mass is 9.80. The first-order valence-electron chi connectivity index (χ1n) is 14.2. The molecule has 1 aromatic carbocycles. The predicted octanol–water partition coefficient (Wildman–Crippen LogP) is 10.1. The minimum atomic E-state index is 0.643. The summed E-state index contributed by atoms with van der Waals surface area (Å²) in [5.41, 5.74) is 2.70. The Morgan fingerprint density at radius 1 is 0.697 bits per heavy atom. The standard InChI is InChI=1S/C30H48N2S/c1-3-5-7-9-10-11-12-14-16-26-19-23-28(24-20-26)30-32-31-29(33-30)27-21-17-25(18-22-27)15-13-8-6-4-2/h19-20,23-25,27H,3-18,21-22H2,1-2H3/t25-,27-. The zero-order valence-electron chi connectivity index (χ0n) is 21.5. The van der Waals surface area contributed by atoms with Gasteiger partial charge in [-0.15, -0.1) is 10.2 Å². The zero-order chi connectivity index (χ0) is 23.1. The lowest BCUT2D eigenvalue weighted by Gasteiger charge is -2.27. The molecular formula is C30H48N2S. The summed E-state index contributed by atoms with van der Waals surface area (Å²) in [6, 6.07) is 9.14. The summed E-state index contributed by atoms with van der Waals surface area (Å²) in [4.78, 5) is 0. The molecule has 1 aliphatic carbocycles. The summed E-state index contributed by atoms with van der Waals surface area (Å²) in [6.45, 7) is 4.59. The number of aryl methyl sites for hydroxylation is 1. The van der Waals surface area contributed by atoms with Crippen molar-refractivity contribution in [2.75, 3.05) is 0 Å². The number of hydrogen-bond acceptors (Lipinski definition) is 3. The van der Waals surface area contributed by atoms with E-state index in [1.807, 2.05) is 11.3 Å². The van der Waals surface area contributed by atoms with E-state index in [9.17, 15) is 0 Å². The number of aromatic nitrogens is 2. The predicted molar refractivity (Wildman–Crippen MR) is 145 cm³/mol. The molecule has 0 saturated heterocycles. The second kappa shape index (κ2) is 15.6. The number of nitrogens with zero attached hydrogens (tertiary/aromatic N) is 2. The molecule has 1 saturated carbocycles. The van der Waals surface area contributed by atoms with Gasteiger partial charge < -0.3 is 0 Å². The fraction of sp³-hybridized carbons (Fsp3) is 0.733. The van der Waals surface area contributed by atoms with Gasteiger partial charge in [0.05, 0.1) is 0 Å². The van der Waals surface area contributed by atoms with Crippen molar-refractivity contribution in [3.63, 3.8) is 0 Å². The SMILES string of the molecule is CCCCCCCCCCc1ccc(-c2nnc([C@H]3CC[C@H](CCCCCC)CC3)s2)cc1. The first-order chi connectivity index (χ1) is 16.3. The summed E-state index contributed by atoms with van der Waals surface area (Å²) in [7, 11) is 0. The van der Waals surface area contributed by atoms with E-state index in [2.05, 4.69) is 48.3 Å². The van der Waals surface area contributed by atoms with E-state index in [-0.39, 0.29) is 0 Å². The minimum Gasteiger partial charge on any atom is -0.143 e. The van der Waals surface area contributed by atoms with Crippen molar-refractivity contribution in [1.82, 2.24) is 10.2 Å². The normalized spacial score (nSPS) is 18.6. The first kappa shape index (κ1) is 26.4. The summed E-state index contributed by atoms with van der Waals surface area (Å²) in [5, 5.41) is 11.6. The second-order valence-corrected chi connectivity index (χ2v) is 11.4. The van der Waals surface area contributed by atoms with E-state index in [1.54, 1.807) is 0 Å². The fourth-order valence-corrected chi connectivity index (χ4v) is 6.37. The van der Waals surface area contributed by atoms with Crippen molar-refractivity contribution in [2.24, 2.45) is 5.92 Å². The van der Waals surface area contributed by atoms with Crippen LogP contribution in [-0.2, 0) is 6.42 Å². The van der Waals surface area contributed by atoms with Gasteiger partial charge >= 0.3 is 0 Å². The number of hydrogen-bond donors (Lipinski definition) is 0. The highest BCUT2D eigenvalue weighted by atomic mass is 32.1. The van der Waals surface area contributed by atoms with Crippen LogP contribution in [-0.4, -0.2) is 10.2 Å². The molecule has 0 bridgehead atoms. The molecular weight excluding hydrogens is 420 g/mol.